The van der Waals surface area contributed by atoms with Crippen LogP contribution in [0.25, 0.3) is 0 Å². The van der Waals surface area contributed by atoms with Crippen molar-refractivity contribution < 1.29 is 13.5 Å². The van der Waals surface area contributed by atoms with Crippen LogP contribution in [0.1, 0.15) is 42.4 Å². The third-order valence-corrected chi connectivity index (χ3v) is 10.2. The molecular weight excluding hydrogens is 418 g/mol. The number of methoxy groups -OCH3 is 1. The quantitative estimate of drug-likeness (QED) is 0.728. The van der Waals surface area contributed by atoms with Gasteiger partial charge in [-0.1, -0.05) is 36.4 Å². The number of hydrogen-bond donors (Lipinski definition) is 1. The van der Waals surface area contributed by atoms with Crippen LogP contribution < -0.4 is 10.1 Å². The second-order valence-electron chi connectivity index (χ2n) is 11.2. The Balaban J connectivity index is 1.35. The number of fused-ring (bicyclic) bond motifs is 1. The van der Waals surface area contributed by atoms with E-state index < -0.39 is 5.92 Å². The molecule has 2 aromatic carbocycles. The predicted molar refractivity (Wildman–Crippen MR) is 124 cm³/mol. The Morgan fingerprint density at radius 1 is 1.15 bits per heavy atom. The Labute approximate surface area is 194 Å². The maximum absolute atomic E-state index is 15.5. The van der Waals surface area contributed by atoms with E-state index in [1.807, 2.05) is 6.07 Å². The van der Waals surface area contributed by atoms with Crippen molar-refractivity contribution >= 4 is 0 Å². The molecule has 7 rings (SSSR count). The molecule has 2 aliphatic heterocycles. The van der Waals surface area contributed by atoms with Gasteiger partial charge in [0.2, 0.25) is 0 Å². The molecule has 3 nitrogen and oxygen atoms in total. The van der Waals surface area contributed by atoms with Gasteiger partial charge in [-0.05, 0) is 85.7 Å². The van der Waals surface area contributed by atoms with Gasteiger partial charge < -0.3 is 10.1 Å². The van der Waals surface area contributed by atoms with Gasteiger partial charge in [0.1, 0.15) is 5.75 Å². The zero-order chi connectivity index (χ0) is 22.4. The third kappa shape index (κ3) is 2.50. The molecule has 2 aromatic rings. The summed E-state index contributed by atoms with van der Waals surface area (Å²) in [6.45, 7) is 1.66. The molecule has 0 spiro atoms. The minimum Gasteiger partial charge on any atom is -0.497 e. The van der Waals surface area contributed by atoms with Crippen molar-refractivity contribution in [3.8, 4) is 5.75 Å². The van der Waals surface area contributed by atoms with Gasteiger partial charge in [0, 0.05) is 23.1 Å². The number of likely N-dealkylation sites (tertiary alicyclic amines) is 1. The van der Waals surface area contributed by atoms with E-state index >= 15 is 8.78 Å². The molecule has 4 bridgehead atoms. The molecule has 1 N–H and O–H groups in total. The van der Waals surface area contributed by atoms with Crippen LogP contribution in [0.5, 0.6) is 5.75 Å². The topological polar surface area (TPSA) is 24.5 Å². The van der Waals surface area contributed by atoms with E-state index in [4.69, 9.17) is 4.74 Å². The van der Waals surface area contributed by atoms with E-state index in [9.17, 15) is 0 Å². The van der Waals surface area contributed by atoms with Crippen LogP contribution in [-0.4, -0.2) is 43.7 Å². The van der Waals surface area contributed by atoms with Crippen LogP contribution in [0, 0.1) is 17.3 Å². The Bertz CT molecular complexity index is 1090. The monoisotopic (exact) mass is 450 g/mol. The fourth-order valence-corrected chi connectivity index (χ4v) is 9.28. The third-order valence-electron chi connectivity index (χ3n) is 10.2. The normalized spacial score (nSPS) is 38.6. The lowest BCUT2D eigenvalue weighted by molar-refractivity contribution is -0.128. The standard InChI is InChI=1S/C28H32F2N2O/c1-33-21-8-7-18-13-24-26-10-9-23-25(19(15-26)16-31-23)27(26,22(18)14-21)11-12-32(24)17-28(29,30)20-5-3-2-4-6-20/h2-8,14,19,23-25,31H,9-13,15-17H2,1H3/t19-,23?,24-,25?,26-,27+/m1/s1. The second-order valence-corrected chi connectivity index (χ2v) is 11.2. The lowest BCUT2D eigenvalue weighted by Gasteiger charge is -2.66. The Morgan fingerprint density at radius 3 is 2.82 bits per heavy atom. The van der Waals surface area contributed by atoms with Gasteiger partial charge in [-0.15, -0.1) is 0 Å². The first-order valence-corrected chi connectivity index (χ1v) is 12.6. The highest BCUT2D eigenvalue weighted by Gasteiger charge is 2.75. The average molecular weight is 451 g/mol. The number of benzene rings is 2. The maximum Gasteiger partial charge on any atom is 0.285 e. The first-order valence-electron chi connectivity index (χ1n) is 12.6. The minimum atomic E-state index is -2.84. The van der Waals surface area contributed by atoms with Crippen LogP contribution in [0.3, 0.4) is 0 Å². The summed E-state index contributed by atoms with van der Waals surface area (Å²) < 4.78 is 36.7. The van der Waals surface area contributed by atoms with Crippen LogP contribution in [-0.2, 0) is 17.8 Å². The van der Waals surface area contributed by atoms with Gasteiger partial charge >= 0.3 is 0 Å². The van der Waals surface area contributed by atoms with Crippen LogP contribution >= 0.6 is 0 Å². The van der Waals surface area contributed by atoms with Crippen molar-refractivity contribution in [2.45, 2.75) is 55.5 Å². The van der Waals surface area contributed by atoms with Gasteiger partial charge in [0.05, 0.1) is 13.7 Å². The lowest BCUT2D eigenvalue weighted by Crippen LogP contribution is -2.70. The summed E-state index contributed by atoms with van der Waals surface area (Å²) in [6, 6.07) is 15.7. The number of rotatable bonds is 4. The Kier molecular flexibility index (Phi) is 4.20. The number of nitrogens with zero attached hydrogens (tertiary/aromatic N) is 1. The molecule has 4 fully saturated rings. The summed E-state index contributed by atoms with van der Waals surface area (Å²) in [7, 11) is 1.75. The number of ether oxygens (including phenoxy) is 1. The van der Waals surface area contributed by atoms with E-state index in [0.29, 0.717) is 17.9 Å². The van der Waals surface area contributed by atoms with E-state index in [0.717, 1.165) is 38.1 Å². The second kappa shape index (κ2) is 6.79. The molecule has 2 saturated heterocycles. The summed E-state index contributed by atoms with van der Waals surface area (Å²) in [5.74, 6) is -0.630. The van der Waals surface area contributed by atoms with E-state index in [2.05, 4.69) is 28.4 Å². The van der Waals surface area contributed by atoms with Crippen LogP contribution in [0.2, 0.25) is 0 Å². The number of piperidine rings is 1. The van der Waals surface area contributed by atoms with Crippen molar-refractivity contribution in [3.63, 3.8) is 0 Å². The largest absolute Gasteiger partial charge is 0.497 e. The first-order chi connectivity index (χ1) is 16.0. The number of nitrogens with one attached hydrogen (secondary N) is 1. The van der Waals surface area contributed by atoms with Crippen molar-refractivity contribution in [2.75, 3.05) is 26.7 Å². The summed E-state index contributed by atoms with van der Waals surface area (Å²) in [5.41, 5.74) is 3.17. The molecule has 0 radical (unpaired) electrons. The molecule has 2 unspecified atom stereocenters. The minimum absolute atomic E-state index is 0.0927. The van der Waals surface area contributed by atoms with E-state index in [1.165, 1.54) is 24.0 Å². The van der Waals surface area contributed by atoms with Crippen molar-refractivity contribution in [1.29, 1.82) is 0 Å². The molecule has 5 heteroatoms. The SMILES string of the molecule is COc1ccc2c(c1)[C@]13CCN(CC(F)(F)c4ccccc4)[C@H](C2)[C@]12CCC1NC[C@@H](C2)C13. The van der Waals surface area contributed by atoms with E-state index in [-0.39, 0.29) is 29.0 Å². The van der Waals surface area contributed by atoms with Crippen molar-refractivity contribution in [3.05, 3.63) is 65.2 Å². The maximum atomic E-state index is 15.5. The molecule has 33 heavy (non-hydrogen) atoms. The molecule has 0 aromatic heterocycles. The fourth-order valence-electron chi connectivity index (χ4n) is 9.28. The highest BCUT2D eigenvalue weighted by atomic mass is 19.3. The van der Waals surface area contributed by atoms with Gasteiger partial charge in [-0.3, -0.25) is 4.90 Å². The highest BCUT2D eigenvalue weighted by Crippen LogP contribution is 2.74. The molecule has 6 atom stereocenters. The number of alkyl halides is 2. The average Bonchev–Trinajstić information content (AvgIpc) is 3.31. The summed E-state index contributed by atoms with van der Waals surface area (Å²) in [6.07, 6.45) is 5.36. The van der Waals surface area contributed by atoms with E-state index in [1.54, 1.807) is 31.4 Å². The van der Waals surface area contributed by atoms with Crippen LogP contribution in [0.4, 0.5) is 8.78 Å². The predicted octanol–water partition coefficient (Wildman–Crippen LogP) is 4.74. The van der Waals surface area contributed by atoms with Crippen LogP contribution in [0.15, 0.2) is 48.5 Å². The molecular formula is C28H32F2N2O. The number of hydrogen-bond acceptors (Lipinski definition) is 3. The molecule has 2 heterocycles. The first kappa shape index (κ1) is 20.4. The Hall–Kier alpha value is -1.98. The summed E-state index contributed by atoms with van der Waals surface area (Å²) in [4.78, 5) is 2.19. The van der Waals surface area contributed by atoms with Gasteiger partial charge in [-0.2, -0.15) is 8.78 Å². The molecule has 2 saturated carbocycles. The summed E-state index contributed by atoms with van der Waals surface area (Å²) >= 11 is 0. The fraction of sp³-hybridized carbons (Fsp3) is 0.571. The highest BCUT2D eigenvalue weighted by molar-refractivity contribution is 5.51. The van der Waals surface area contributed by atoms with Crippen molar-refractivity contribution in [2.24, 2.45) is 17.3 Å². The van der Waals surface area contributed by atoms with Gasteiger partial charge in [0.15, 0.2) is 0 Å². The zero-order valence-electron chi connectivity index (χ0n) is 19.2. The van der Waals surface area contributed by atoms with Gasteiger partial charge in [-0.25, -0.2) is 0 Å². The zero-order valence-corrected chi connectivity index (χ0v) is 19.2. The van der Waals surface area contributed by atoms with Crippen molar-refractivity contribution in [1.82, 2.24) is 10.2 Å². The van der Waals surface area contributed by atoms with Gasteiger partial charge in [0.25, 0.3) is 5.92 Å². The summed E-state index contributed by atoms with van der Waals surface area (Å²) in [5, 5.41) is 3.84. The molecule has 5 aliphatic rings. The molecule has 174 valence electrons. The molecule has 3 aliphatic carbocycles. The number of halogens is 2. The Morgan fingerprint density at radius 2 is 2.00 bits per heavy atom. The molecule has 0 amide bonds. The smallest absolute Gasteiger partial charge is 0.285 e. The lowest BCUT2D eigenvalue weighted by atomic mass is 9.43.